The van der Waals surface area contributed by atoms with Gasteiger partial charge >= 0.3 is 0 Å². The molecule has 124 valence electrons. The molecule has 5 heteroatoms. The predicted octanol–water partition coefficient (Wildman–Crippen LogP) is 5.06. The normalized spacial score (nSPS) is 24.9. The molecule has 0 spiro atoms. The number of thioether (sulfide) groups is 1. The maximum atomic E-state index is 5.01. The van der Waals surface area contributed by atoms with E-state index in [-0.39, 0.29) is 0 Å². The number of aryl methyl sites for hydroxylation is 2. The van der Waals surface area contributed by atoms with Crippen LogP contribution in [0.2, 0.25) is 0 Å². The summed E-state index contributed by atoms with van der Waals surface area (Å²) >= 11 is 3.59. The smallest absolute Gasteiger partial charge is 0.190 e. The summed E-state index contributed by atoms with van der Waals surface area (Å²) in [7, 11) is 0. The van der Waals surface area contributed by atoms with Crippen molar-refractivity contribution < 1.29 is 0 Å². The maximum Gasteiger partial charge on any atom is 0.190 e. The third kappa shape index (κ3) is 2.66. The molecule has 0 aromatic carbocycles. The Labute approximate surface area is 146 Å². The van der Waals surface area contributed by atoms with Gasteiger partial charge in [-0.05, 0) is 70.6 Å². The van der Waals surface area contributed by atoms with Gasteiger partial charge in [0.25, 0.3) is 0 Å². The molecule has 0 saturated carbocycles. The molecule has 3 heterocycles. The Morgan fingerprint density at radius 3 is 2.52 bits per heavy atom. The maximum absolute atomic E-state index is 5.01. The lowest BCUT2D eigenvalue weighted by atomic mass is 9.94. The molecule has 2 unspecified atom stereocenters. The van der Waals surface area contributed by atoms with Crippen molar-refractivity contribution in [3.8, 4) is 0 Å². The fourth-order valence-electron chi connectivity index (χ4n) is 4.24. The summed E-state index contributed by atoms with van der Waals surface area (Å²) in [5, 5.41) is 2.30. The van der Waals surface area contributed by atoms with Crippen LogP contribution in [-0.4, -0.2) is 28.3 Å². The third-order valence-corrected chi connectivity index (χ3v) is 7.13. The fraction of sp³-hybridized carbons (Fsp3) is 0.667. The van der Waals surface area contributed by atoms with Crippen molar-refractivity contribution in [2.24, 2.45) is 0 Å². The van der Waals surface area contributed by atoms with Crippen LogP contribution in [0.3, 0.4) is 0 Å². The molecule has 3 nitrogen and oxygen atoms in total. The zero-order chi connectivity index (χ0) is 16.0. The van der Waals surface area contributed by atoms with Crippen molar-refractivity contribution in [2.45, 2.75) is 76.0 Å². The quantitative estimate of drug-likeness (QED) is 0.561. The number of nitrogens with zero attached hydrogens (tertiary/aromatic N) is 3. The Morgan fingerprint density at radius 1 is 1.04 bits per heavy atom. The summed E-state index contributed by atoms with van der Waals surface area (Å²) in [5.74, 6) is 1.22. The highest BCUT2D eigenvalue weighted by atomic mass is 32.2. The van der Waals surface area contributed by atoms with Crippen LogP contribution < -0.4 is 4.90 Å². The molecule has 4 rings (SSSR count). The van der Waals surface area contributed by atoms with Gasteiger partial charge in [0.2, 0.25) is 0 Å². The van der Waals surface area contributed by atoms with E-state index in [2.05, 4.69) is 25.0 Å². The summed E-state index contributed by atoms with van der Waals surface area (Å²) in [5.41, 5.74) is 1.56. The second-order valence-electron chi connectivity index (χ2n) is 6.96. The molecule has 0 bridgehead atoms. The molecule has 1 saturated heterocycles. The van der Waals surface area contributed by atoms with Crippen LogP contribution in [0.1, 0.15) is 56.4 Å². The van der Waals surface area contributed by atoms with E-state index in [0.717, 1.165) is 5.16 Å². The van der Waals surface area contributed by atoms with Crippen LogP contribution >= 0.6 is 23.1 Å². The van der Waals surface area contributed by atoms with Gasteiger partial charge in [0, 0.05) is 17.0 Å². The van der Waals surface area contributed by atoms with Crippen molar-refractivity contribution in [3.05, 3.63) is 10.4 Å². The average Bonchev–Trinajstić information content (AvgIpc) is 2.92. The summed E-state index contributed by atoms with van der Waals surface area (Å²) < 4.78 is 0. The largest absolute Gasteiger partial charge is 0.351 e. The lowest BCUT2D eigenvalue weighted by Crippen LogP contribution is -2.44. The van der Waals surface area contributed by atoms with Gasteiger partial charge < -0.3 is 4.90 Å². The summed E-state index contributed by atoms with van der Waals surface area (Å²) in [6, 6.07) is 1.15. The van der Waals surface area contributed by atoms with Crippen molar-refractivity contribution in [3.63, 3.8) is 0 Å². The van der Waals surface area contributed by atoms with Gasteiger partial charge in [0.1, 0.15) is 10.6 Å². The molecule has 0 amide bonds. The predicted molar refractivity (Wildman–Crippen MR) is 101 cm³/mol. The highest BCUT2D eigenvalue weighted by Crippen LogP contribution is 2.42. The summed E-state index contributed by atoms with van der Waals surface area (Å²) in [4.78, 5) is 15.2. The zero-order valence-corrected chi connectivity index (χ0v) is 15.9. The summed E-state index contributed by atoms with van der Waals surface area (Å²) in [6.45, 7) is 4.72. The molecule has 0 N–H and O–H groups in total. The molecule has 1 aliphatic heterocycles. The van der Waals surface area contributed by atoms with E-state index >= 15 is 0 Å². The van der Waals surface area contributed by atoms with E-state index in [1.807, 2.05) is 11.3 Å². The lowest BCUT2D eigenvalue weighted by Gasteiger charge is -2.40. The zero-order valence-electron chi connectivity index (χ0n) is 14.3. The van der Waals surface area contributed by atoms with E-state index in [1.165, 1.54) is 61.0 Å². The number of aromatic nitrogens is 2. The van der Waals surface area contributed by atoms with E-state index < -0.39 is 0 Å². The third-order valence-electron chi connectivity index (χ3n) is 5.40. The molecular formula is C18H25N3S2. The van der Waals surface area contributed by atoms with E-state index in [0.29, 0.717) is 12.1 Å². The molecule has 23 heavy (non-hydrogen) atoms. The Balaban J connectivity index is 1.94. The molecule has 2 atom stereocenters. The molecule has 1 fully saturated rings. The van der Waals surface area contributed by atoms with Crippen LogP contribution in [0.15, 0.2) is 5.16 Å². The Hall–Kier alpha value is -0.810. The van der Waals surface area contributed by atoms with Gasteiger partial charge in [-0.2, -0.15) is 0 Å². The molecule has 2 aromatic rings. The Bertz CT molecular complexity index is 715. The van der Waals surface area contributed by atoms with Gasteiger partial charge in [-0.3, -0.25) is 0 Å². The average molecular weight is 348 g/mol. The minimum atomic E-state index is 0.575. The van der Waals surface area contributed by atoms with Crippen LogP contribution in [0.25, 0.3) is 10.2 Å². The highest BCUT2D eigenvalue weighted by Gasteiger charge is 2.30. The first-order valence-electron chi connectivity index (χ1n) is 8.83. The molecular weight excluding hydrogens is 322 g/mol. The highest BCUT2D eigenvalue weighted by molar-refractivity contribution is 7.98. The standard InChI is InChI=1S/C18H25N3S2/c1-11-7-6-8-12(2)21(11)16-15-13-9-4-5-10-14(13)23-17(15)20-18(19-16)22-3/h11-12H,4-10H2,1-3H3. The Morgan fingerprint density at radius 2 is 1.78 bits per heavy atom. The van der Waals surface area contributed by atoms with Crippen molar-refractivity contribution in [2.75, 3.05) is 11.2 Å². The first-order valence-corrected chi connectivity index (χ1v) is 10.9. The van der Waals surface area contributed by atoms with Crippen LogP contribution in [0.5, 0.6) is 0 Å². The topological polar surface area (TPSA) is 29.0 Å². The second-order valence-corrected chi connectivity index (χ2v) is 8.82. The molecule has 1 aliphatic carbocycles. The monoisotopic (exact) mass is 347 g/mol. The number of rotatable bonds is 2. The first kappa shape index (κ1) is 15.7. The fourth-order valence-corrected chi connectivity index (χ4v) is 5.91. The van der Waals surface area contributed by atoms with E-state index in [1.54, 1.807) is 22.2 Å². The molecule has 2 aliphatic rings. The number of hydrogen-bond donors (Lipinski definition) is 0. The van der Waals surface area contributed by atoms with Gasteiger partial charge in [-0.1, -0.05) is 11.8 Å². The van der Waals surface area contributed by atoms with Gasteiger partial charge in [-0.15, -0.1) is 11.3 Å². The van der Waals surface area contributed by atoms with Crippen LogP contribution in [0.4, 0.5) is 5.82 Å². The Kier molecular flexibility index (Phi) is 4.26. The van der Waals surface area contributed by atoms with Crippen molar-refractivity contribution >= 4 is 39.1 Å². The van der Waals surface area contributed by atoms with E-state index in [4.69, 9.17) is 9.97 Å². The van der Waals surface area contributed by atoms with Crippen LogP contribution in [0, 0.1) is 0 Å². The van der Waals surface area contributed by atoms with Crippen molar-refractivity contribution in [1.82, 2.24) is 9.97 Å². The summed E-state index contributed by atoms with van der Waals surface area (Å²) in [6.07, 6.45) is 11.1. The van der Waals surface area contributed by atoms with Crippen molar-refractivity contribution in [1.29, 1.82) is 0 Å². The number of piperidine rings is 1. The van der Waals surface area contributed by atoms with E-state index in [9.17, 15) is 0 Å². The minimum Gasteiger partial charge on any atom is -0.351 e. The number of hydrogen-bond acceptors (Lipinski definition) is 5. The second kappa shape index (κ2) is 6.25. The van der Waals surface area contributed by atoms with Gasteiger partial charge in [0.05, 0.1) is 5.39 Å². The minimum absolute atomic E-state index is 0.575. The van der Waals surface area contributed by atoms with Gasteiger partial charge in [-0.25, -0.2) is 9.97 Å². The number of fused-ring (bicyclic) bond motifs is 3. The van der Waals surface area contributed by atoms with Crippen LogP contribution in [-0.2, 0) is 12.8 Å². The van der Waals surface area contributed by atoms with Gasteiger partial charge in [0.15, 0.2) is 5.16 Å². The molecule has 2 aromatic heterocycles. The molecule has 0 radical (unpaired) electrons. The number of anilines is 1. The SMILES string of the molecule is CSc1nc(N2C(C)CCCC2C)c2c3c(sc2n1)CCCC3. The lowest BCUT2D eigenvalue weighted by molar-refractivity contribution is 0.411. The first-order chi connectivity index (χ1) is 11.2. The number of thiophene rings is 1.